The van der Waals surface area contributed by atoms with Crippen LogP contribution in [0.15, 0.2) is 50.2 Å². The number of aromatic nitrogens is 2. The number of benzene rings is 2. The molecule has 0 spiro atoms. The highest BCUT2D eigenvalue weighted by atomic mass is 79.9. The predicted molar refractivity (Wildman–Crippen MR) is 90.0 cm³/mol. The third-order valence-electron chi connectivity index (χ3n) is 3.02. The van der Waals surface area contributed by atoms with Gasteiger partial charge in [-0.3, -0.25) is 0 Å². The van der Waals surface area contributed by atoms with Crippen LogP contribution in [0.1, 0.15) is 0 Å². The molecule has 0 fully saturated rings. The van der Waals surface area contributed by atoms with Crippen molar-refractivity contribution in [2.75, 3.05) is 6.26 Å². The molecule has 0 bridgehead atoms. The molecule has 7 heteroatoms. The Morgan fingerprint density at radius 2 is 1.71 bits per heavy atom. The van der Waals surface area contributed by atoms with Gasteiger partial charge in [0, 0.05) is 20.8 Å². The average Bonchev–Trinajstić information content (AvgIpc) is 2.79. The monoisotopic (exact) mass is 428 g/mol. The molecule has 1 N–H and O–H groups in total. The first-order valence-corrected chi connectivity index (χ1v) is 9.47. The zero-order chi connectivity index (χ0) is 15.2. The van der Waals surface area contributed by atoms with Crippen LogP contribution in [0, 0.1) is 0 Å². The summed E-state index contributed by atoms with van der Waals surface area (Å²) >= 11 is 6.88. The number of rotatable bonds is 2. The number of fused-ring (bicyclic) bond motifs is 1. The van der Waals surface area contributed by atoms with E-state index in [4.69, 9.17) is 0 Å². The molecule has 0 radical (unpaired) electrons. The minimum atomic E-state index is -3.23. The van der Waals surface area contributed by atoms with E-state index in [1.807, 2.05) is 18.2 Å². The third-order valence-corrected chi connectivity index (χ3v) is 5.04. The summed E-state index contributed by atoms with van der Waals surface area (Å²) in [5, 5.41) is 0. The van der Waals surface area contributed by atoms with Gasteiger partial charge in [-0.25, -0.2) is 13.4 Å². The van der Waals surface area contributed by atoms with E-state index in [1.165, 1.54) is 6.26 Å². The minimum Gasteiger partial charge on any atom is -0.338 e. The Labute approximate surface area is 138 Å². The minimum absolute atomic E-state index is 0.278. The lowest BCUT2D eigenvalue weighted by atomic mass is 10.2. The molecular weight excluding hydrogens is 420 g/mol. The fourth-order valence-corrected chi connectivity index (χ4v) is 3.99. The van der Waals surface area contributed by atoms with Gasteiger partial charge in [-0.2, -0.15) is 0 Å². The van der Waals surface area contributed by atoms with Crippen LogP contribution in [-0.2, 0) is 9.84 Å². The van der Waals surface area contributed by atoms with Crippen LogP contribution in [-0.4, -0.2) is 24.6 Å². The van der Waals surface area contributed by atoms with Crippen molar-refractivity contribution >= 4 is 52.7 Å². The fraction of sp³-hybridized carbons (Fsp3) is 0.0714. The van der Waals surface area contributed by atoms with E-state index in [0.717, 1.165) is 20.0 Å². The SMILES string of the molecule is CS(=O)(=O)c1ccc2nc(-c3cc(Br)cc(Br)c3)[nH]c2c1. The number of hydrogen-bond acceptors (Lipinski definition) is 3. The van der Waals surface area contributed by atoms with E-state index in [0.29, 0.717) is 11.3 Å². The summed E-state index contributed by atoms with van der Waals surface area (Å²) in [4.78, 5) is 7.94. The number of imidazole rings is 1. The second kappa shape index (κ2) is 5.23. The van der Waals surface area contributed by atoms with Crippen LogP contribution in [0.2, 0.25) is 0 Å². The van der Waals surface area contributed by atoms with Crippen LogP contribution in [0.25, 0.3) is 22.4 Å². The third kappa shape index (κ3) is 3.04. The molecule has 0 aliphatic rings. The Morgan fingerprint density at radius 1 is 1.05 bits per heavy atom. The predicted octanol–water partition coefficient (Wildman–Crippen LogP) is 4.16. The summed E-state index contributed by atoms with van der Waals surface area (Å²) in [6, 6.07) is 10.7. The number of aromatic amines is 1. The van der Waals surface area contributed by atoms with E-state index in [-0.39, 0.29) is 4.90 Å². The Bertz CT molecular complexity index is 929. The van der Waals surface area contributed by atoms with Crippen LogP contribution < -0.4 is 0 Å². The van der Waals surface area contributed by atoms with Gasteiger partial charge in [0.25, 0.3) is 0 Å². The molecule has 0 unspecified atom stereocenters. The molecule has 2 aromatic carbocycles. The summed E-state index contributed by atoms with van der Waals surface area (Å²) in [5.74, 6) is 0.692. The second-order valence-electron chi connectivity index (χ2n) is 4.69. The summed E-state index contributed by atoms with van der Waals surface area (Å²) in [6.45, 7) is 0. The van der Waals surface area contributed by atoms with Crippen molar-refractivity contribution < 1.29 is 8.42 Å². The topological polar surface area (TPSA) is 62.8 Å². The molecule has 4 nitrogen and oxygen atoms in total. The highest BCUT2D eigenvalue weighted by Crippen LogP contribution is 2.28. The van der Waals surface area contributed by atoms with E-state index in [9.17, 15) is 8.42 Å². The maximum Gasteiger partial charge on any atom is 0.175 e. The number of nitrogens with zero attached hydrogens (tertiary/aromatic N) is 1. The van der Waals surface area contributed by atoms with E-state index >= 15 is 0 Å². The summed E-state index contributed by atoms with van der Waals surface area (Å²) in [5.41, 5.74) is 2.34. The number of sulfone groups is 1. The van der Waals surface area contributed by atoms with Gasteiger partial charge in [-0.05, 0) is 36.4 Å². The van der Waals surface area contributed by atoms with Crippen molar-refractivity contribution in [2.45, 2.75) is 4.90 Å². The fourth-order valence-electron chi connectivity index (χ4n) is 2.05. The molecule has 0 saturated heterocycles. The van der Waals surface area contributed by atoms with Crippen LogP contribution in [0.3, 0.4) is 0 Å². The van der Waals surface area contributed by atoms with Crippen LogP contribution >= 0.6 is 31.9 Å². The molecule has 1 aromatic heterocycles. The molecular formula is C14H10Br2N2O2S. The van der Waals surface area contributed by atoms with Crippen molar-refractivity contribution in [1.82, 2.24) is 9.97 Å². The molecule has 0 saturated carbocycles. The van der Waals surface area contributed by atoms with Gasteiger partial charge in [-0.1, -0.05) is 31.9 Å². The zero-order valence-electron chi connectivity index (χ0n) is 10.9. The van der Waals surface area contributed by atoms with E-state index in [1.54, 1.807) is 18.2 Å². The van der Waals surface area contributed by atoms with Crippen molar-refractivity contribution in [3.63, 3.8) is 0 Å². The Balaban J connectivity index is 2.17. The van der Waals surface area contributed by atoms with Crippen molar-refractivity contribution in [3.8, 4) is 11.4 Å². The number of halogens is 2. The smallest absolute Gasteiger partial charge is 0.175 e. The quantitative estimate of drug-likeness (QED) is 0.665. The van der Waals surface area contributed by atoms with Crippen molar-refractivity contribution in [3.05, 3.63) is 45.3 Å². The second-order valence-corrected chi connectivity index (χ2v) is 8.54. The number of nitrogens with one attached hydrogen (secondary N) is 1. The molecule has 108 valence electrons. The lowest BCUT2D eigenvalue weighted by Crippen LogP contribution is -1.96. The molecule has 0 amide bonds. The molecule has 3 aromatic rings. The maximum atomic E-state index is 11.6. The Kier molecular flexibility index (Phi) is 3.67. The molecule has 3 rings (SSSR count). The normalized spacial score (nSPS) is 12.0. The highest BCUT2D eigenvalue weighted by molar-refractivity contribution is 9.11. The van der Waals surface area contributed by atoms with E-state index in [2.05, 4.69) is 41.8 Å². The van der Waals surface area contributed by atoms with Crippen molar-refractivity contribution in [1.29, 1.82) is 0 Å². The molecule has 1 heterocycles. The Morgan fingerprint density at radius 3 is 2.33 bits per heavy atom. The summed E-state index contributed by atoms with van der Waals surface area (Å²) in [6.07, 6.45) is 1.19. The van der Waals surface area contributed by atoms with Crippen LogP contribution in [0.4, 0.5) is 0 Å². The largest absolute Gasteiger partial charge is 0.338 e. The lowest BCUT2D eigenvalue weighted by Gasteiger charge is -1.99. The summed E-state index contributed by atoms with van der Waals surface area (Å²) in [7, 11) is -3.23. The first-order valence-electron chi connectivity index (χ1n) is 5.99. The number of H-pyrrole nitrogens is 1. The molecule has 0 aliphatic heterocycles. The maximum absolute atomic E-state index is 11.6. The van der Waals surface area contributed by atoms with E-state index < -0.39 is 9.84 Å². The molecule has 21 heavy (non-hydrogen) atoms. The average molecular weight is 430 g/mol. The molecule has 0 aliphatic carbocycles. The first kappa shape index (κ1) is 14.7. The van der Waals surface area contributed by atoms with Gasteiger partial charge >= 0.3 is 0 Å². The zero-order valence-corrected chi connectivity index (χ0v) is 14.9. The van der Waals surface area contributed by atoms with Crippen molar-refractivity contribution in [2.24, 2.45) is 0 Å². The van der Waals surface area contributed by atoms with Gasteiger partial charge < -0.3 is 4.98 Å². The first-order chi connectivity index (χ1) is 9.83. The van der Waals surface area contributed by atoms with Gasteiger partial charge in [0.2, 0.25) is 0 Å². The highest BCUT2D eigenvalue weighted by Gasteiger charge is 2.11. The van der Waals surface area contributed by atoms with Crippen LogP contribution in [0.5, 0.6) is 0 Å². The van der Waals surface area contributed by atoms with Gasteiger partial charge in [0.15, 0.2) is 9.84 Å². The Hall–Kier alpha value is -1.18. The summed E-state index contributed by atoms with van der Waals surface area (Å²) < 4.78 is 25.1. The van der Waals surface area contributed by atoms with Gasteiger partial charge in [0.1, 0.15) is 5.82 Å². The van der Waals surface area contributed by atoms with Gasteiger partial charge in [0.05, 0.1) is 15.9 Å². The van der Waals surface area contributed by atoms with Gasteiger partial charge in [-0.15, -0.1) is 0 Å². The molecule has 0 atom stereocenters. The number of hydrogen-bond donors (Lipinski definition) is 1. The standard InChI is InChI=1S/C14H10Br2N2O2S/c1-21(19,20)11-2-3-12-13(7-11)18-14(17-12)8-4-9(15)6-10(16)5-8/h2-7H,1H3,(H,17,18). The lowest BCUT2D eigenvalue weighted by molar-refractivity contribution is 0.602.